The van der Waals surface area contributed by atoms with Crippen LogP contribution in [0.15, 0.2) is 24.5 Å². The van der Waals surface area contributed by atoms with E-state index in [0.29, 0.717) is 24.4 Å². The third-order valence-electron chi connectivity index (χ3n) is 3.87. The Morgan fingerprint density at radius 2 is 2.30 bits per heavy atom. The summed E-state index contributed by atoms with van der Waals surface area (Å²) in [7, 11) is 1.31. The molecule has 1 saturated heterocycles. The van der Waals surface area contributed by atoms with E-state index in [-0.39, 0.29) is 12.5 Å². The van der Waals surface area contributed by atoms with Crippen molar-refractivity contribution >= 4 is 28.6 Å². The average molecular weight is 315 g/mol. The number of carbonyl (C=O) groups excluding carboxylic acids is 2. The van der Waals surface area contributed by atoms with Gasteiger partial charge in [0, 0.05) is 18.5 Å². The number of nitrogen functional groups attached to an aromatic ring is 1. The van der Waals surface area contributed by atoms with Gasteiger partial charge in [0.15, 0.2) is 0 Å². The highest BCUT2D eigenvalue weighted by Crippen LogP contribution is 2.20. The van der Waals surface area contributed by atoms with E-state index >= 15 is 0 Å². The van der Waals surface area contributed by atoms with Crippen molar-refractivity contribution in [3.63, 3.8) is 0 Å². The topological polar surface area (TPSA) is 110 Å². The first kappa shape index (κ1) is 15.2. The standard InChI is InChI=1S/C15H17N5O3/c1-23-15(22)12-5-17-6-13(21)20(12)7-9-2-3-10-11(4-9)18-8-19-14(10)16/h2-4,8,12,17H,5-7H2,1H3,(H2,16,18,19). The van der Waals surface area contributed by atoms with Crippen LogP contribution in [-0.4, -0.2) is 53.0 Å². The number of rotatable bonds is 3. The number of nitrogens with zero attached hydrogens (tertiary/aromatic N) is 3. The van der Waals surface area contributed by atoms with Crippen LogP contribution in [0.25, 0.3) is 10.9 Å². The van der Waals surface area contributed by atoms with Gasteiger partial charge in [0.2, 0.25) is 5.91 Å². The van der Waals surface area contributed by atoms with Gasteiger partial charge in [-0.2, -0.15) is 0 Å². The van der Waals surface area contributed by atoms with Gasteiger partial charge in [-0.05, 0) is 17.7 Å². The second-order valence-corrected chi connectivity index (χ2v) is 5.30. The number of hydrogen-bond donors (Lipinski definition) is 2. The molecule has 23 heavy (non-hydrogen) atoms. The first-order valence-corrected chi connectivity index (χ1v) is 7.17. The summed E-state index contributed by atoms with van der Waals surface area (Å²) in [4.78, 5) is 33.7. The van der Waals surface area contributed by atoms with Gasteiger partial charge in [-0.25, -0.2) is 14.8 Å². The maximum atomic E-state index is 12.2. The fourth-order valence-electron chi connectivity index (χ4n) is 2.66. The fraction of sp³-hybridized carbons (Fsp3) is 0.333. The lowest BCUT2D eigenvalue weighted by atomic mass is 10.1. The minimum atomic E-state index is -0.632. The monoisotopic (exact) mass is 315 g/mol. The van der Waals surface area contributed by atoms with Crippen molar-refractivity contribution < 1.29 is 14.3 Å². The Morgan fingerprint density at radius 1 is 1.48 bits per heavy atom. The molecule has 3 N–H and O–H groups in total. The number of fused-ring (bicyclic) bond motifs is 1. The van der Waals surface area contributed by atoms with E-state index in [1.165, 1.54) is 18.3 Å². The molecular formula is C15H17N5O3. The molecule has 2 aromatic rings. The SMILES string of the molecule is COC(=O)C1CNCC(=O)N1Cc1ccc2c(N)ncnc2c1. The molecule has 120 valence electrons. The van der Waals surface area contributed by atoms with E-state index in [1.807, 2.05) is 18.2 Å². The van der Waals surface area contributed by atoms with E-state index in [1.54, 1.807) is 0 Å². The quantitative estimate of drug-likeness (QED) is 0.747. The lowest BCUT2D eigenvalue weighted by Gasteiger charge is -2.34. The lowest BCUT2D eigenvalue weighted by Crippen LogP contribution is -2.57. The largest absolute Gasteiger partial charge is 0.467 e. The van der Waals surface area contributed by atoms with Crippen LogP contribution >= 0.6 is 0 Å². The molecule has 1 aromatic carbocycles. The number of nitrogens with two attached hydrogens (primary N) is 1. The van der Waals surface area contributed by atoms with Crippen molar-refractivity contribution in [2.45, 2.75) is 12.6 Å². The van der Waals surface area contributed by atoms with Crippen molar-refractivity contribution in [3.8, 4) is 0 Å². The summed E-state index contributed by atoms with van der Waals surface area (Å²) in [5.74, 6) is -0.168. The number of methoxy groups -OCH3 is 1. The van der Waals surface area contributed by atoms with Gasteiger partial charge in [-0.15, -0.1) is 0 Å². The summed E-state index contributed by atoms with van der Waals surface area (Å²) in [6, 6.07) is 4.88. The molecule has 1 atom stereocenters. The fourth-order valence-corrected chi connectivity index (χ4v) is 2.66. The Morgan fingerprint density at radius 3 is 3.09 bits per heavy atom. The molecule has 1 aromatic heterocycles. The number of amides is 1. The van der Waals surface area contributed by atoms with Gasteiger partial charge in [0.1, 0.15) is 18.2 Å². The van der Waals surface area contributed by atoms with Gasteiger partial charge in [0.25, 0.3) is 0 Å². The number of benzene rings is 1. The van der Waals surface area contributed by atoms with E-state index < -0.39 is 12.0 Å². The maximum absolute atomic E-state index is 12.2. The lowest BCUT2D eigenvalue weighted by molar-refractivity contribution is -0.155. The molecule has 0 bridgehead atoms. The zero-order valence-corrected chi connectivity index (χ0v) is 12.7. The van der Waals surface area contributed by atoms with E-state index in [0.717, 1.165) is 10.9 Å². The molecule has 0 aliphatic carbocycles. The summed E-state index contributed by atoms with van der Waals surface area (Å²) in [6.07, 6.45) is 1.40. The predicted octanol–water partition coefficient (Wildman–Crippen LogP) is -0.315. The van der Waals surface area contributed by atoms with Gasteiger partial charge >= 0.3 is 5.97 Å². The Bertz CT molecular complexity index is 764. The number of anilines is 1. The molecule has 8 nitrogen and oxygen atoms in total. The number of ether oxygens (including phenoxy) is 1. The molecular weight excluding hydrogens is 298 g/mol. The predicted molar refractivity (Wildman–Crippen MR) is 83.2 cm³/mol. The Labute approximate surface area is 132 Å². The van der Waals surface area contributed by atoms with Crippen LogP contribution in [0.5, 0.6) is 0 Å². The minimum absolute atomic E-state index is 0.144. The van der Waals surface area contributed by atoms with E-state index in [2.05, 4.69) is 15.3 Å². The van der Waals surface area contributed by atoms with Gasteiger partial charge in [0.05, 0.1) is 19.2 Å². The molecule has 1 fully saturated rings. The van der Waals surface area contributed by atoms with Crippen LogP contribution in [0.2, 0.25) is 0 Å². The zero-order valence-electron chi connectivity index (χ0n) is 12.7. The van der Waals surface area contributed by atoms with E-state index in [4.69, 9.17) is 10.5 Å². The summed E-state index contributed by atoms with van der Waals surface area (Å²) in [5.41, 5.74) is 7.37. The summed E-state index contributed by atoms with van der Waals surface area (Å²) in [6.45, 7) is 0.886. The summed E-state index contributed by atoms with van der Waals surface area (Å²) in [5, 5.41) is 3.68. The van der Waals surface area contributed by atoms with Crippen molar-refractivity contribution in [2.75, 3.05) is 25.9 Å². The smallest absolute Gasteiger partial charge is 0.329 e. The molecule has 1 amide bonds. The minimum Gasteiger partial charge on any atom is -0.467 e. The van der Waals surface area contributed by atoms with Crippen LogP contribution in [0, 0.1) is 0 Å². The molecule has 3 rings (SSSR count). The van der Waals surface area contributed by atoms with Gasteiger partial charge in [-0.1, -0.05) is 6.07 Å². The Hall–Kier alpha value is -2.74. The third kappa shape index (κ3) is 2.93. The summed E-state index contributed by atoms with van der Waals surface area (Å²) >= 11 is 0. The number of nitrogens with one attached hydrogen (secondary N) is 1. The molecule has 8 heteroatoms. The molecule has 1 unspecified atom stereocenters. The average Bonchev–Trinajstić information content (AvgIpc) is 2.56. The van der Waals surface area contributed by atoms with E-state index in [9.17, 15) is 9.59 Å². The van der Waals surface area contributed by atoms with Crippen molar-refractivity contribution in [1.82, 2.24) is 20.2 Å². The van der Waals surface area contributed by atoms with Crippen LogP contribution < -0.4 is 11.1 Å². The normalized spacial score (nSPS) is 18.2. The highest BCUT2D eigenvalue weighted by Gasteiger charge is 2.33. The molecule has 1 aliphatic rings. The highest BCUT2D eigenvalue weighted by atomic mass is 16.5. The Balaban J connectivity index is 1.89. The number of hydrogen-bond acceptors (Lipinski definition) is 7. The number of aromatic nitrogens is 2. The molecule has 1 aliphatic heterocycles. The second kappa shape index (κ2) is 6.17. The zero-order chi connectivity index (χ0) is 16.4. The first-order valence-electron chi connectivity index (χ1n) is 7.17. The van der Waals surface area contributed by atoms with Crippen molar-refractivity contribution in [2.24, 2.45) is 0 Å². The Kier molecular flexibility index (Phi) is 4.07. The molecule has 0 radical (unpaired) electrons. The third-order valence-corrected chi connectivity index (χ3v) is 3.87. The van der Waals surface area contributed by atoms with Crippen LogP contribution in [0.3, 0.4) is 0 Å². The number of piperazine rings is 1. The first-order chi connectivity index (χ1) is 11.1. The van der Waals surface area contributed by atoms with Gasteiger partial charge in [-0.3, -0.25) is 4.79 Å². The highest BCUT2D eigenvalue weighted by molar-refractivity contribution is 5.89. The number of carbonyl (C=O) groups is 2. The van der Waals surface area contributed by atoms with Crippen molar-refractivity contribution in [1.29, 1.82) is 0 Å². The van der Waals surface area contributed by atoms with Gasteiger partial charge < -0.3 is 20.7 Å². The van der Waals surface area contributed by atoms with Crippen molar-refractivity contribution in [3.05, 3.63) is 30.1 Å². The van der Waals surface area contributed by atoms with Crippen LogP contribution in [0.1, 0.15) is 5.56 Å². The number of esters is 1. The van der Waals surface area contributed by atoms with Crippen LogP contribution in [0.4, 0.5) is 5.82 Å². The second-order valence-electron chi connectivity index (χ2n) is 5.30. The molecule has 2 heterocycles. The molecule has 0 saturated carbocycles. The molecule has 0 spiro atoms. The maximum Gasteiger partial charge on any atom is 0.329 e. The van der Waals surface area contributed by atoms with Crippen LogP contribution in [-0.2, 0) is 20.9 Å². The summed E-state index contributed by atoms with van der Waals surface area (Å²) < 4.78 is 4.78.